The van der Waals surface area contributed by atoms with Crippen LogP contribution in [0.25, 0.3) is 0 Å². The smallest absolute Gasteiger partial charge is 0.0610 e. The highest BCUT2D eigenvalue weighted by atomic mass is 16.5. The van der Waals surface area contributed by atoms with Crippen molar-refractivity contribution in [1.82, 2.24) is 5.32 Å². The van der Waals surface area contributed by atoms with E-state index in [-0.39, 0.29) is 12.1 Å². The number of unbranched alkanes of at least 4 members (excludes halogenated alkanes) is 1. The van der Waals surface area contributed by atoms with Gasteiger partial charge in [-0.15, -0.1) is 0 Å². The Balaban J connectivity index is 3.55. The number of rotatable bonds is 12. The Morgan fingerprint density at radius 1 is 1.17 bits per heavy atom. The molecule has 0 aliphatic carbocycles. The normalized spacial score (nSPS) is 15.0. The lowest BCUT2D eigenvalue weighted by atomic mass is 9.96. The Kier molecular flexibility index (Phi) is 10.7. The average molecular weight is 259 g/mol. The predicted octanol–water partition coefficient (Wildman–Crippen LogP) is 2.97. The number of nitrogens with one attached hydrogen (secondary N) is 1. The molecule has 0 aromatic rings. The highest BCUT2D eigenvalue weighted by Crippen LogP contribution is 2.13. The van der Waals surface area contributed by atoms with E-state index in [4.69, 9.17) is 4.74 Å². The fourth-order valence-corrected chi connectivity index (χ4v) is 2.14. The molecule has 0 radical (unpaired) electrons. The van der Waals surface area contributed by atoms with E-state index < -0.39 is 0 Å². The van der Waals surface area contributed by atoms with E-state index in [1.807, 2.05) is 0 Å². The summed E-state index contributed by atoms with van der Waals surface area (Å²) in [6, 6.07) is 0. The van der Waals surface area contributed by atoms with Gasteiger partial charge in [-0.25, -0.2) is 0 Å². The molecule has 0 rings (SSSR count). The Morgan fingerprint density at radius 2 is 1.83 bits per heavy atom. The number of hydrogen-bond donors (Lipinski definition) is 2. The molecule has 0 fully saturated rings. The summed E-state index contributed by atoms with van der Waals surface area (Å²) in [7, 11) is 0. The molecule has 0 aliphatic rings. The monoisotopic (exact) mass is 259 g/mol. The van der Waals surface area contributed by atoms with Crippen LogP contribution in [0.15, 0.2) is 0 Å². The van der Waals surface area contributed by atoms with Gasteiger partial charge in [0.05, 0.1) is 6.61 Å². The molecule has 0 saturated carbocycles. The van der Waals surface area contributed by atoms with Crippen molar-refractivity contribution in [3.63, 3.8) is 0 Å². The predicted molar refractivity (Wildman–Crippen MR) is 77.9 cm³/mol. The number of hydrogen-bond acceptors (Lipinski definition) is 3. The van der Waals surface area contributed by atoms with Gasteiger partial charge in [-0.1, -0.05) is 33.6 Å². The van der Waals surface area contributed by atoms with Crippen LogP contribution in [-0.2, 0) is 4.74 Å². The average Bonchev–Trinajstić information content (AvgIpc) is 2.38. The lowest BCUT2D eigenvalue weighted by Crippen LogP contribution is -2.45. The molecule has 0 aromatic heterocycles. The lowest BCUT2D eigenvalue weighted by molar-refractivity contribution is 0.0899. The molecular formula is C15H33NO2. The van der Waals surface area contributed by atoms with Crippen LogP contribution < -0.4 is 5.32 Å². The molecule has 0 saturated heterocycles. The van der Waals surface area contributed by atoms with Crippen LogP contribution in [0, 0.1) is 5.92 Å². The molecule has 3 heteroatoms. The van der Waals surface area contributed by atoms with Gasteiger partial charge < -0.3 is 15.2 Å². The zero-order valence-electron chi connectivity index (χ0n) is 12.8. The fourth-order valence-electron chi connectivity index (χ4n) is 2.14. The minimum absolute atomic E-state index is 0.121. The number of aliphatic hydroxyl groups excluding tert-OH is 1. The molecule has 0 spiro atoms. The first-order valence-corrected chi connectivity index (χ1v) is 7.55. The third-order valence-corrected chi connectivity index (χ3v) is 3.73. The molecular weight excluding hydrogens is 226 g/mol. The Morgan fingerprint density at radius 3 is 2.33 bits per heavy atom. The molecule has 18 heavy (non-hydrogen) atoms. The van der Waals surface area contributed by atoms with Gasteiger partial charge in [-0.3, -0.25) is 0 Å². The molecule has 1 atom stereocenters. The van der Waals surface area contributed by atoms with Gasteiger partial charge in [0.1, 0.15) is 0 Å². The van der Waals surface area contributed by atoms with Gasteiger partial charge in [0.15, 0.2) is 0 Å². The molecule has 0 bridgehead atoms. The van der Waals surface area contributed by atoms with Gasteiger partial charge in [0.2, 0.25) is 0 Å². The summed E-state index contributed by atoms with van der Waals surface area (Å²) in [6.07, 6.45) is 5.61. The van der Waals surface area contributed by atoms with Crippen LogP contribution in [-0.4, -0.2) is 37.0 Å². The third-order valence-electron chi connectivity index (χ3n) is 3.73. The standard InChI is InChI=1S/C15H33NO2/c1-5-14(6-2)12-18-11-9-8-10-15(4,13-17)16-7-3/h14,16-17H,5-13H2,1-4H3. The maximum Gasteiger partial charge on any atom is 0.0610 e. The summed E-state index contributed by atoms with van der Waals surface area (Å²) in [5.41, 5.74) is -0.121. The summed E-state index contributed by atoms with van der Waals surface area (Å²) < 4.78 is 5.70. The first-order valence-electron chi connectivity index (χ1n) is 7.55. The van der Waals surface area contributed by atoms with Gasteiger partial charge in [0, 0.05) is 18.8 Å². The SMILES string of the molecule is CCNC(C)(CO)CCCCOCC(CC)CC. The fraction of sp³-hybridized carbons (Fsp3) is 1.00. The largest absolute Gasteiger partial charge is 0.394 e. The number of ether oxygens (including phenoxy) is 1. The summed E-state index contributed by atoms with van der Waals surface area (Å²) in [5.74, 6) is 0.717. The molecule has 0 aromatic carbocycles. The van der Waals surface area contributed by atoms with Crippen LogP contribution in [0.3, 0.4) is 0 Å². The number of aliphatic hydroxyl groups is 1. The van der Waals surface area contributed by atoms with E-state index in [1.165, 1.54) is 12.8 Å². The second-order valence-corrected chi connectivity index (χ2v) is 5.46. The Hall–Kier alpha value is -0.120. The van der Waals surface area contributed by atoms with Crippen molar-refractivity contribution < 1.29 is 9.84 Å². The summed E-state index contributed by atoms with van der Waals surface area (Å²) in [6.45, 7) is 11.5. The van der Waals surface area contributed by atoms with Gasteiger partial charge in [-0.05, 0) is 38.6 Å². The van der Waals surface area contributed by atoms with Gasteiger partial charge in [0.25, 0.3) is 0 Å². The summed E-state index contributed by atoms with van der Waals surface area (Å²) in [4.78, 5) is 0. The quantitative estimate of drug-likeness (QED) is 0.529. The van der Waals surface area contributed by atoms with Crippen molar-refractivity contribution in [2.24, 2.45) is 5.92 Å². The molecule has 3 nitrogen and oxygen atoms in total. The Labute approximate surface area is 113 Å². The van der Waals surface area contributed by atoms with Crippen LogP contribution >= 0.6 is 0 Å². The van der Waals surface area contributed by atoms with Gasteiger partial charge in [-0.2, -0.15) is 0 Å². The van der Waals surface area contributed by atoms with Gasteiger partial charge >= 0.3 is 0 Å². The lowest BCUT2D eigenvalue weighted by Gasteiger charge is -2.28. The molecule has 0 heterocycles. The van der Waals surface area contributed by atoms with E-state index >= 15 is 0 Å². The first kappa shape index (κ1) is 17.9. The summed E-state index contributed by atoms with van der Waals surface area (Å²) in [5, 5.41) is 12.7. The van der Waals surface area contributed by atoms with Crippen molar-refractivity contribution in [2.45, 2.75) is 65.3 Å². The molecule has 0 aliphatic heterocycles. The maximum absolute atomic E-state index is 9.36. The van der Waals surface area contributed by atoms with E-state index in [1.54, 1.807) is 0 Å². The van der Waals surface area contributed by atoms with Crippen molar-refractivity contribution in [3.8, 4) is 0 Å². The zero-order valence-corrected chi connectivity index (χ0v) is 12.8. The topological polar surface area (TPSA) is 41.5 Å². The van der Waals surface area contributed by atoms with E-state index in [9.17, 15) is 5.11 Å². The second-order valence-electron chi connectivity index (χ2n) is 5.46. The minimum atomic E-state index is -0.121. The van der Waals surface area contributed by atoms with Crippen LogP contribution in [0.5, 0.6) is 0 Å². The van der Waals surface area contributed by atoms with Crippen LogP contribution in [0.4, 0.5) is 0 Å². The maximum atomic E-state index is 9.36. The molecule has 1 unspecified atom stereocenters. The molecule has 0 amide bonds. The second kappa shape index (κ2) is 10.8. The van der Waals surface area contributed by atoms with Crippen molar-refractivity contribution >= 4 is 0 Å². The molecule has 110 valence electrons. The van der Waals surface area contributed by atoms with E-state index in [0.717, 1.165) is 44.9 Å². The minimum Gasteiger partial charge on any atom is -0.394 e. The first-order chi connectivity index (χ1) is 8.61. The van der Waals surface area contributed by atoms with Crippen molar-refractivity contribution in [3.05, 3.63) is 0 Å². The zero-order chi connectivity index (χ0) is 13.9. The molecule has 2 N–H and O–H groups in total. The van der Waals surface area contributed by atoms with Crippen LogP contribution in [0.1, 0.15) is 59.8 Å². The van der Waals surface area contributed by atoms with Crippen LogP contribution in [0.2, 0.25) is 0 Å². The number of likely N-dealkylation sites (N-methyl/N-ethyl adjacent to an activating group) is 1. The Bertz CT molecular complexity index is 183. The van der Waals surface area contributed by atoms with E-state index in [0.29, 0.717) is 0 Å². The van der Waals surface area contributed by atoms with Crippen molar-refractivity contribution in [2.75, 3.05) is 26.4 Å². The van der Waals surface area contributed by atoms with Crippen molar-refractivity contribution in [1.29, 1.82) is 0 Å². The summed E-state index contributed by atoms with van der Waals surface area (Å²) >= 11 is 0. The third kappa shape index (κ3) is 8.06. The van der Waals surface area contributed by atoms with E-state index in [2.05, 4.69) is 33.0 Å². The highest BCUT2D eigenvalue weighted by molar-refractivity contribution is 4.81. The highest BCUT2D eigenvalue weighted by Gasteiger charge is 2.20.